The van der Waals surface area contributed by atoms with Gasteiger partial charge in [-0.15, -0.1) is 0 Å². The average Bonchev–Trinajstić information content (AvgIpc) is 2.34. The number of halogens is 2. The van der Waals surface area contributed by atoms with E-state index in [9.17, 15) is 4.39 Å². The van der Waals surface area contributed by atoms with E-state index in [-0.39, 0.29) is 5.82 Å². The van der Waals surface area contributed by atoms with Crippen molar-refractivity contribution in [3.8, 4) is 0 Å². The number of unbranched alkanes of at least 4 members (excludes halogenated alkanes) is 4. The van der Waals surface area contributed by atoms with Crippen molar-refractivity contribution in [3.63, 3.8) is 0 Å². The second kappa shape index (κ2) is 8.52. The first-order chi connectivity index (χ1) is 8.65. The molecule has 0 heterocycles. The molecule has 0 fully saturated rings. The quantitative estimate of drug-likeness (QED) is 0.602. The predicted octanol–water partition coefficient (Wildman–Crippen LogP) is 5.75. The van der Waals surface area contributed by atoms with E-state index in [0.29, 0.717) is 11.7 Å². The molecule has 0 radical (unpaired) electrons. The Labute approximate surface area is 118 Å². The van der Waals surface area contributed by atoms with Crippen LogP contribution in [0, 0.1) is 5.82 Å². The van der Waals surface area contributed by atoms with Crippen LogP contribution in [-0.2, 0) is 0 Å². The zero-order valence-electron chi connectivity index (χ0n) is 11.3. The minimum absolute atomic E-state index is 0.192. The Hall–Kier alpha value is -0.570. The monoisotopic (exact) mass is 315 g/mol. The summed E-state index contributed by atoms with van der Waals surface area (Å²) < 4.78 is 14.4. The smallest absolute Gasteiger partial charge is 0.147 e. The SMILES string of the molecule is CCCCCCCC(C)Nc1c(F)cccc1Br. The Bertz CT molecular complexity index is 334. The van der Waals surface area contributed by atoms with Crippen molar-refractivity contribution in [3.05, 3.63) is 28.5 Å². The molecule has 0 bridgehead atoms. The lowest BCUT2D eigenvalue weighted by atomic mass is 10.1. The Morgan fingerprint density at radius 2 is 1.94 bits per heavy atom. The first-order valence-electron chi connectivity index (χ1n) is 6.85. The number of para-hydroxylation sites is 1. The Balaban J connectivity index is 2.33. The van der Waals surface area contributed by atoms with E-state index < -0.39 is 0 Å². The molecule has 1 rings (SSSR count). The van der Waals surface area contributed by atoms with Gasteiger partial charge >= 0.3 is 0 Å². The number of anilines is 1. The van der Waals surface area contributed by atoms with Crippen molar-refractivity contribution in [1.29, 1.82) is 0 Å². The Morgan fingerprint density at radius 3 is 2.61 bits per heavy atom. The second-order valence-electron chi connectivity index (χ2n) is 4.84. The summed E-state index contributed by atoms with van der Waals surface area (Å²) in [5.74, 6) is -0.192. The Morgan fingerprint density at radius 1 is 1.22 bits per heavy atom. The number of hydrogen-bond donors (Lipinski definition) is 1. The Kier molecular flexibility index (Phi) is 7.33. The molecule has 3 heteroatoms. The first-order valence-corrected chi connectivity index (χ1v) is 7.65. The summed E-state index contributed by atoms with van der Waals surface area (Å²) in [6, 6.07) is 5.36. The van der Waals surface area contributed by atoms with Crippen molar-refractivity contribution in [2.24, 2.45) is 0 Å². The van der Waals surface area contributed by atoms with Crippen LogP contribution >= 0.6 is 15.9 Å². The van der Waals surface area contributed by atoms with Gasteiger partial charge in [-0.25, -0.2) is 4.39 Å². The third-order valence-electron chi connectivity index (χ3n) is 3.09. The van der Waals surface area contributed by atoms with Crippen LogP contribution in [0.15, 0.2) is 22.7 Å². The highest BCUT2D eigenvalue weighted by molar-refractivity contribution is 9.10. The van der Waals surface area contributed by atoms with Crippen molar-refractivity contribution in [2.45, 2.75) is 58.4 Å². The summed E-state index contributed by atoms with van der Waals surface area (Å²) in [5.41, 5.74) is 0.582. The maximum atomic E-state index is 13.6. The summed E-state index contributed by atoms with van der Waals surface area (Å²) in [5, 5.41) is 3.25. The summed E-state index contributed by atoms with van der Waals surface area (Å²) in [6.07, 6.45) is 7.48. The van der Waals surface area contributed by atoms with E-state index in [0.717, 1.165) is 10.9 Å². The highest BCUT2D eigenvalue weighted by Gasteiger charge is 2.09. The predicted molar refractivity (Wildman–Crippen MR) is 80.6 cm³/mol. The lowest BCUT2D eigenvalue weighted by molar-refractivity contribution is 0.573. The molecule has 0 aliphatic heterocycles. The van der Waals surface area contributed by atoms with Gasteiger partial charge in [-0.3, -0.25) is 0 Å². The molecule has 1 unspecified atom stereocenters. The molecule has 0 aliphatic rings. The van der Waals surface area contributed by atoms with Crippen molar-refractivity contribution in [2.75, 3.05) is 5.32 Å². The highest BCUT2D eigenvalue weighted by Crippen LogP contribution is 2.26. The maximum Gasteiger partial charge on any atom is 0.147 e. The van der Waals surface area contributed by atoms with Crippen molar-refractivity contribution >= 4 is 21.6 Å². The van der Waals surface area contributed by atoms with E-state index in [1.807, 2.05) is 6.07 Å². The number of nitrogens with one attached hydrogen (secondary N) is 1. The molecule has 1 atom stereocenters. The molecule has 102 valence electrons. The molecule has 1 aromatic carbocycles. The van der Waals surface area contributed by atoms with Gasteiger partial charge in [0.2, 0.25) is 0 Å². The third-order valence-corrected chi connectivity index (χ3v) is 3.76. The van der Waals surface area contributed by atoms with Crippen LogP contribution in [0.5, 0.6) is 0 Å². The van der Waals surface area contributed by atoms with Crippen LogP contribution in [0.3, 0.4) is 0 Å². The van der Waals surface area contributed by atoms with Crippen LogP contribution in [0.25, 0.3) is 0 Å². The van der Waals surface area contributed by atoms with E-state index in [2.05, 4.69) is 35.1 Å². The molecule has 18 heavy (non-hydrogen) atoms. The van der Waals surface area contributed by atoms with Gasteiger partial charge < -0.3 is 5.32 Å². The first kappa shape index (κ1) is 15.5. The van der Waals surface area contributed by atoms with Crippen LogP contribution in [-0.4, -0.2) is 6.04 Å². The van der Waals surface area contributed by atoms with Gasteiger partial charge in [0.25, 0.3) is 0 Å². The van der Waals surface area contributed by atoms with Gasteiger partial charge in [-0.1, -0.05) is 45.1 Å². The molecule has 0 saturated carbocycles. The fraction of sp³-hybridized carbons (Fsp3) is 0.600. The molecule has 1 aromatic rings. The minimum atomic E-state index is -0.192. The molecule has 0 saturated heterocycles. The number of benzene rings is 1. The summed E-state index contributed by atoms with van der Waals surface area (Å²) in [7, 11) is 0. The second-order valence-corrected chi connectivity index (χ2v) is 5.70. The summed E-state index contributed by atoms with van der Waals surface area (Å²) in [6.45, 7) is 4.33. The molecule has 0 spiro atoms. The van der Waals surface area contributed by atoms with Gasteiger partial charge in [-0.05, 0) is 41.4 Å². The van der Waals surface area contributed by atoms with Crippen LogP contribution in [0.2, 0.25) is 0 Å². The van der Waals surface area contributed by atoms with E-state index in [1.54, 1.807) is 6.07 Å². The molecule has 0 aromatic heterocycles. The van der Waals surface area contributed by atoms with Crippen molar-refractivity contribution < 1.29 is 4.39 Å². The molecule has 1 N–H and O–H groups in total. The molecule has 0 amide bonds. The minimum Gasteiger partial charge on any atom is -0.379 e. The maximum absolute atomic E-state index is 13.6. The number of hydrogen-bond acceptors (Lipinski definition) is 1. The lowest BCUT2D eigenvalue weighted by Crippen LogP contribution is -2.16. The highest BCUT2D eigenvalue weighted by atomic mass is 79.9. The van der Waals surface area contributed by atoms with E-state index >= 15 is 0 Å². The fourth-order valence-electron chi connectivity index (χ4n) is 2.01. The zero-order valence-corrected chi connectivity index (χ0v) is 12.9. The van der Waals surface area contributed by atoms with E-state index in [4.69, 9.17) is 0 Å². The van der Waals surface area contributed by atoms with E-state index in [1.165, 1.54) is 38.2 Å². The molecular formula is C15H23BrFN. The lowest BCUT2D eigenvalue weighted by Gasteiger charge is -2.17. The summed E-state index contributed by atoms with van der Waals surface area (Å²) in [4.78, 5) is 0. The third kappa shape index (κ3) is 5.38. The van der Waals surface area contributed by atoms with Gasteiger partial charge in [0, 0.05) is 10.5 Å². The zero-order chi connectivity index (χ0) is 13.4. The molecular weight excluding hydrogens is 293 g/mol. The topological polar surface area (TPSA) is 12.0 Å². The largest absolute Gasteiger partial charge is 0.379 e. The molecule has 1 nitrogen and oxygen atoms in total. The van der Waals surface area contributed by atoms with Crippen molar-refractivity contribution in [1.82, 2.24) is 0 Å². The normalized spacial score (nSPS) is 12.4. The van der Waals surface area contributed by atoms with Crippen LogP contribution in [0.4, 0.5) is 10.1 Å². The average molecular weight is 316 g/mol. The van der Waals surface area contributed by atoms with Gasteiger partial charge in [0.15, 0.2) is 0 Å². The van der Waals surface area contributed by atoms with Gasteiger partial charge in [-0.2, -0.15) is 0 Å². The van der Waals surface area contributed by atoms with Crippen LogP contribution in [0.1, 0.15) is 52.4 Å². The summed E-state index contributed by atoms with van der Waals surface area (Å²) >= 11 is 3.38. The van der Waals surface area contributed by atoms with Gasteiger partial charge in [0.1, 0.15) is 5.82 Å². The van der Waals surface area contributed by atoms with Gasteiger partial charge in [0.05, 0.1) is 5.69 Å². The fourth-order valence-corrected chi connectivity index (χ4v) is 2.46. The number of rotatable bonds is 8. The van der Waals surface area contributed by atoms with Crippen LogP contribution < -0.4 is 5.32 Å². The standard InChI is InChI=1S/C15H23BrFN/c1-3-4-5-6-7-9-12(2)18-15-13(16)10-8-11-14(15)17/h8,10-12,18H,3-7,9H2,1-2H3. The molecule has 0 aliphatic carbocycles.